The van der Waals surface area contributed by atoms with Crippen molar-refractivity contribution in [3.05, 3.63) is 65.0 Å². The van der Waals surface area contributed by atoms with Crippen LogP contribution in [0.4, 0.5) is 4.39 Å². The number of hydrogen-bond acceptors (Lipinski definition) is 3. The summed E-state index contributed by atoms with van der Waals surface area (Å²) in [6.45, 7) is 3.68. The maximum absolute atomic E-state index is 13.4. The number of aliphatic hydroxyl groups is 1. The van der Waals surface area contributed by atoms with Gasteiger partial charge in [-0.2, -0.15) is 0 Å². The lowest BCUT2D eigenvalue weighted by molar-refractivity contribution is -0.128. The number of aryl methyl sites for hydroxylation is 1. The van der Waals surface area contributed by atoms with Crippen LogP contribution >= 0.6 is 0 Å². The van der Waals surface area contributed by atoms with Gasteiger partial charge in [0.1, 0.15) is 11.6 Å². The molecule has 0 aliphatic heterocycles. The van der Waals surface area contributed by atoms with Gasteiger partial charge in [-0.25, -0.2) is 4.39 Å². The van der Waals surface area contributed by atoms with Crippen molar-refractivity contribution in [2.45, 2.75) is 39.5 Å². The van der Waals surface area contributed by atoms with E-state index in [-0.39, 0.29) is 24.6 Å². The van der Waals surface area contributed by atoms with E-state index in [1.807, 2.05) is 38.1 Å². The maximum Gasteiger partial charge on any atom is 0.261 e. The van der Waals surface area contributed by atoms with Crippen LogP contribution in [0.3, 0.4) is 0 Å². The zero-order valence-corrected chi connectivity index (χ0v) is 13.9. The molecular weight excluding hydrogens is 309 g/mol. The number of benzene rings is 2. The number of nitrogens with one attached hydrogen (secondary N) is 1. The minimum absolute atomic E-state index is 0.213. The second-order valence-electron chi connectivity index (χ2n) is 5.58. The van der Waals surface area contributed by atoms with Gasteiger partial charge in [0.15, 0.2) is 6.10 Å². The number of carbonyl (C=O) groups excluding carboxylic acids is 1. The smallest absolute Gasteiger partial charge is 0.261 e. The van der Waals surface area contributed by atoms with Crippen molar-refractivity contribution in [2.75, 3.05) is 0 Å². The zero-order chi connectivity index (χ0) is 17.5. The maximum atomic E-state index is 13.4. The molecule has 0 saturated heterocycles. The Morgan fingerprint density at radius 2 is 2.04 bits per heavy atom. The Morgan fingerprint density at radius 3 is 2.71 bits per heavy atom. The van der Waals surface area contributed by atoms with Gasteiger partial charge in [0.05, 0.1) is 6.61 Å². The molecule has 0 saturated carbocycles. The van der Waals surface area contributed by atoms with Crippen molar-refractivity contribution < 1.29 is 19.0 Å². The summed E-state index contributed by atoms with van der Waals surface area (Å²) in [5.41, 5.74) is 1.90. The van der Waals surface area contributed by atoms with Crippen molar-refractivity contribution in [2.24, 2.45) is 0 Å². The van der Waals surface area contributed by atoms with Crippen LogP contribution in [0.1, 0.15) is 30.0 Å². The summed E-state index contributed by atoms with van der Waals surface area (Å²) in [5, 5.41) is 11.9. The quantitative estimate of drug-likeness (QED) is 0.820. The Bertz CT molecular complexity index is 703. The fraction of sp³-hybridized carbons (Fsp3) is 0.316. The average molecular weight is 331 g/mol. The Labute approximate surface area is 141 Å². The van der Waals surface area contributed by atoms with E-state index in [2.05, 4.69) is 5.32 Å². The van der Waals surface area contributed by atoms with E-state index in [0.29, 0.717) is 12.2 Å². The minimum Gasteiger partial charge on any atom is -0.480 e. The first-order valence-corrected chi connectivity index (χ1v) is 7.93. The van der Waals surface area contributed by atoms with Gasteiger partial charge in [0, 0.05) is 12.1 Å². The van der Waals surface area contributed by atoms with Gasteiger partial charge in [-0.05, 0) is 42.7 Å². The van der Waals surface area contributed by atoms with Gasteiger partial charge in [0.2, 0.25) is 0 Å². The fourth-order valence-corrected chi connectivity index (χ4v) is 2.33. The van der Waals surface area contributed by atoms with E-state index in [1.165, 1.54) is 6.07 Å². The minimum atomic E-state index is -0.594. The van der Waals surface area contributed by atoms with Crippen LogP contribution in [0.15, 0.2) is 42.5 Å². The summed E-state index contributed by atoms with van der Waals surface area (Å²) in [6.07, 6.45) is -0.0604. The molecule has 1 unspecified atom stereocenters. The van der Waals surface area contributed by atoms with Gasteiger partial charge in [-0.3, -0.25) is 4.79 Å². The monoisotopic (exact) mass is 331 g/mol. The van der Waals surface area contributed by atoms with Crippen LogP contribution < -0.4 is 10.1 Å². The van der Waals surface area contributed by atoms with Crippen LogP contribution in [0, 0.1) is 12.7 Å². The van der Waals surface area contributed by atoms with Crippen LogP contribution in [-0.2, 0) is 17.9 Å². The zero-order valence-electron chi connectivity index (χ0n) is 13.9. The SMILES string of the molecule is CCC(Oc1ccccc1C)C(=O)NCc1ccc(F)c(CO)c1. The molecule has 0 heterocycles. The summed E-state index contributed by atoms with van der Waals surface area (Å²) < 4.78 is 19.2. The Hall–Kier alpha value is -2.40. The van der Waals surface area contributed by atoms with Gasteiger partial charge < -0.3 is 15.2 Å². The molecule has 5 heteroatoms. The molecule has 1 atom stereocenters. The summed E-state index contributed by atoms with van der Waals surface area (Å²) in [6, 6.07) is 11.9. The summed E-state index contributed by atoms with van der Waals surface area (Å²) in [5.74, 6) is 0.00127. The molecule has 0 aromatic heterocycles. The Kier molecular flexibility index (Phi) is 6.32. The molecule has 2 N–H and O–H groups in total. The van der Waals surface area contributed by atoms with Gasteiger partial charge in [-0.1, -0.05) is 31.2 Å². The molecule has 0 spiro atoms. The number of halogens is 1. The summed E-state index contributed by atoms with van der Waals surface area (Å²) in [7, 11) is 0. The van der Waals surface area contributed by atoms with Crippen molar-refractivity contribution in [1.29, 1.82) is 0 Å². The average Bonchev–Trinajstić information content (AvgIpc) is 2.60. The third-order valence-corrected chi connectivity index (χ3v) is 3.77. The van der Waals surface area contributed by atoms with Crippen molar-refractivity contribution in [1.82, 2.24) is 5.32 Å². The molecule has 0 aliphatic rings. The first-order valence-electron chi connectivity index (χ1n) is 7.93. The normalized spacial score (nSPS) is 11.8. The molecule has 0 radical (unpaired) electrons. The van der Waals surface area contributed by atoms with Gasteiger partial charge in [-0.15, -0.1) is 0 Å². The van der Waals surface area contributed by atoms with E-state index in [9.17, 15) is 9.18 Å². The summed E-state index contributed by atoms with van der Waals surface area (Å²) in [4.78, 5) is 12.3. The lowest BCUT2D eigenvalue weighted by Gasteiger charge is -2.18. The molecule has 0 fully saturated rings. The molecule has 2 aromatic carbocycles. The molecule has 0 aliphatic carbocycles. The van der Waals surface area contributed by atoms with Crippen LogP contribution in [0.2, 0.25) is 0 Å². The lowest BCUT2D eigenvalue weighted by Crippen LogP contribution is -2.37. The van der Waals surface area contributed by atoms with Crippen molar-refractivity contribution >= 4 is 5.91 Å². The van der Waals surface area contributed by atoms with E-state index >= 15 is 0 Å². The highest BCUT2D eigenvalue weighted by Gasteiger charge is 2.18. The predicted octanol–water partition coefficient (Wildman–Crippen LogP) is 3.10. The standard InChI is InChI=1S/C19H22FNO3/c1-3-17(24-18-7-5-4-6-13(18)2)19(23)21-11-14-8-9-16(20)15(10-14)12-22/h4-10,17,22H,3,11-12H2,1-2H3,(H,21,23). The number of rotatable bonds is 7. The van der Waals surface area contributed by atoms with E-state index in [4.69, 9.17) is 9.84 Å². The second kappa shape index (κ2) is 8.45. The third-order valence-electron chi connectivity index (χ3n) is 3.77. The van der Waals surface area contributed by atoms with Crippen LogP contribution in [0.5, 0.6) is 5.75 Å². The lowest BCUT2D eigenvalue weighted by atomic mass is 10.1. The summed E-state index contributed by atoms with van der Waals surface area (Å²) >= 11 is 0. The van der Waals surface area contributed by atoms with Crippen molar-refractivity contribution in [3.8, 4) is 5.75 Å². The van der Waals surface area contributed by atoms with Crippen LogP contribution in [0.25, 0.3) is 0 Å². The van der Waals surface area contributed by atoms with Crippen molar-refractivity contribution in [3.63, 3.8) is 0 Å². The third kappa shape index (κ3) is 4.55. The molecule has 0 bridgehead atoms. The highest BCUT2D eigenvalue weighted by atomic mass is 19.1. The van der Waals surface area contributed by atoms with E-state index in [0.717, 1.165) is 11.1 Å². The molecule has 2 aromatic rings. The van der Waals surface area contributed by atoms with E-state index < -0.39 is 11.9 Å². The fourth-order valence-electron chi connectivity index (χ4n) is 2.33. The number of aliphatic hydroxyl groups excluding tert-OH is 1. The topological polar surface area (TPSA) is 58.6 Å². The molecule has 24 heavy (non-hydrogen) atoms. The highest BCUT2D eigenvalue weighted by Crippen LogP contribution is 2.19. The number of ether oxygens (including phenoxy) is 1. The Balaban J connectivity index is 1.98. The first kappa shape index (κ1) is 17.9. The predicted molar refractivity (Wildman–Crippen MR) is 90.1 cm³/mol. The second-order valence-corrected chi connectivity index (χ2v) is 5.58. The largest absolute Gasteiger partial charge is 0.480 e. The number of para-hydroxylation sites is 1. The van der Waals surface area contributed by atoms with Crippen LogP contribution in [-0.4, -0.2) is 17.1 Å². The molecule has 128 valence electrons. The Morgan fingerprint density at radius 1 is 1.29 bits per heavy atom. The van der Waals surface area contributed by atoms with Gasteiger partial charge >= 0.3 is 0 Å². The number of amides is 1. The highest BCUT2D eigenvalue weighted by molar-refractivity contribution is 5.81. The molecule has 1 amide bonds. The van der Waals surface area contributed by atoms with Gasteiger partial charge in [0.25, 0.3) is 5.91 Å². The molecule has 2 rings (SSSR count). The van der Waals surface area contributed by atoms with E-state index in [1.54, 1.807) is 12.1 Å². The molecular formula is C19H22FNO3. The first-order chi connectivity index (χ1) is 11.5. The molecule has 4 nitrogen and oxygen atoms in total. The number of carbonyl (C=O) groups is 1. The number of hydrogen-bond donors (Lipinski definition) is 2.